The summed E-state index contributed by atoms with van der Waals surface area (Å²) in [7, 11) is 0. The van der Waals surface area contributed by atoms with Crippen molar-refractivity contribution in [2.24, 2.45) is 5.92 Å². The Labute approximate surface area is 112 Å². The van der Waals surface area contributed by atoms with Gasteiger partial charge in [0.25, 0.3) is 0 Å². The van der Waals surface area contributed by atoms with Gasteiger partial charge in [0.15, 0.2) is 0 Å². The van der Waals surface area contributed by atoms with E-state index in [1.807, 2.05) is 6.20 Å². The quantitative estimate of drug-likeness (QED) is 0.911. The SMILES string of the molecule is C[C@@H](NCc1ccc(Br)cn1)C1CCCCC1. The van der Waals surface area contributed by atoms with Crippen molar-refractivity contribution in [3.63, 3.8) is 0 Å². The van der Waals surface area contributed by atoms with Crippen LogP contribution in [0.4, 0.5) is 0 Å². The molecule has 1 aliphatic carbocycles. The van der Waals surface area contributed by atoms with Crippen molar-refractivity contribution in [2.75, 3.05) is 0 Å². The van der Waals surface area contributed by atoms with Gasteiger partial charge in [0, 0.05) is 23.3 Å². The fourth-order valence-corrected chi connectivity index (χ4v) is 2.81. The zero-order chi connectivity index (χ0) is 12.1. The summed E-state index contributed by atoms with van der Waals surface area (Å²) >= 11 is 3.41. The summed E-state index contributed by atoms with van der Waals surface area (Å²) in [4.78, 5) is 4.39. The molecule has 0 radical (unpaired) electrons. The van der Waals surface area contributed by atoms with Crippen LogP contribution >= 0.6 is 15.9 Å². The fraction of sp³-hybridized carbons (Fsp3) is 0.643. The summed E-state index contributed by atoms with van der Waals surface area (Å²) in [6, 6.07) is 4.74. The molecule has 17 heavy (non-hydrogen) atoms. The van der Waals surface area contributed by atoms with E-state index >= 15 is 0 Å². The highest BCUT2D eigenvalue weighted by Gasteiger charge is 2.19. The highest BCUT2D eigenvalue weighted by Crippen LogP contribution is 2.26. The zero-order valence-corrected chi connectivity index (χ0v) is 12.0. The number of rotatable bonds is 4. The van der Waals surface area contributed by atoms with Gasteiger partial charge in [-0.15, -0.1) is 0 Å². The van der Waals surface area contributed by atoms with Crippen molar-refractivity contribution < 1.29 is 0 Å². The van der Waals surface area contributed by atoms with Crippen LogP contribution < -0.4 is 5.32 Å². The topological polar surface area (TPSA) is 24.9 Å². The van der Waals surface area contributed by atoms with Crippen molar-refractivity contribution >= 4 is 15.9 Å². The Morgan fingerprint density at radius 2 is 2.12 bits per heavy atom. The number of pyridine rings is 1. The molecule has 1 heterocycles. The first-order valence-electron chi connectivity index (χ1n) is 6.59. The average molecular weight is 297 g/mol. The zero-order valence-electron chi connectivity index (χ0n) is 10.5. The number of halogens is 1. The van der Waals surface area contributed by atoms with Crippen LogP contribution in [0.1, 0.15) is 44.7 Å². The summed E-state index contributed by atoms with van der Waals surface area (Å²) in [5.74, 6) is 0.860. The van der Waals surface area contributed by atoms with Crippen LogP contribution in [-0.4, -0.2) is 11.0 Å². The molecule has 1 atom stereocenters. The minimum Gasteiger partial charge on any atom is -0.308 e. The third-order valence-corrected chi connectivity index (χ3v) is 4.22. The van der Waals surface area contributed by atoms with E-state index in [1.165, 1.54) is 32.1 Å². The van der Waals surface area contributed by atoms with Gasteiger partial charge in [-0.3, -0.25) is 4.98 Å². The molecule has 2 rings (SSSR count). The van der Waals surface area contributed by atoms with Crippen molar-refractivity contribution in [2.45, 2.75) is 51.6 Å². The second-order valence-electron chi connectivity index (χ2n) is 5.04. The Kier molecular flexibility index (Phi) is 4.99. The Morgan fingerprint density at radius 1 is 1.35 bits per heavy atom. The first kappa shape index (κ1) is 13.0. The smallest absolute Gasteiger partial charge is 0.0542 e. The molecule has 0 aliphatic heterocycles. The molecular weight excluding hydrogens is 276 g/mol. The van der Waals surface area contributed by atoms with Crippen LogP contribution in [0.15, 0.2) is 22.8 Å². The lowest BCUT2D eigenvalue weighted by Gasteiger charge is -2.28. The minimum absolute atomic E-state index is 0.612. The lowest BCUT2D eigenvalue weighted by molar-refractivity contribution is 0.280. The largest absolute Gasteiger partial charge is 0.308 e. The van der Waals surface area contributed by atoms with E-state index in [9.17, 15) is 0 Å². The molecule has 0 saturated heterocycles. The van der Waals surface area contributed by atoms with Crippen molar-refractivity contribution in [1.82, 2.24) is 10.3 Å². The van der Waals surface area contributed by atoms with Gasteiger partial charge >= 0.3 is 0 Å². The maximum absolute atomic E-state index is 4.39. The molecule has 1 fully saturated rings. The van der Waals surface area contributed by atoms with Gasteiger partial charge in [0.2, 0.25) is 0 Å². The number of hydrogen-bond donors (Lipinski definition) is 1. The second kappa shape index (κ2) is 6.50. The van der Waals surface area contributed by atoms with Gasteiger partial charge in [0.05, 0.1) is 5.69 Å². The molecule has 1 aromatic rings. The van der Waals surface area contributed by atoms with Crippen molar-refractivity contribution in [3.8, 4) is 0 Å². The van der Waals surface area contributed by atoms with E-state index in [2.05, 4.69) is 45.3 Å². The maximum Gasteiger partial charge on any atom is 0.0542 e. The van der Waals surface area contributed by atoms with E-state index in [-0.39, 0.29) is 0 Å². The van der Waals surface area contributed by atoms with Crippen molar-refractivity contribution in [1.29, 1.82) is 0 Å². The molecule has 0 bridgehead atoms. The summed E-state index contributed by atoms with van der Waals surface area (Å²) in [6.45, 7) is 3.19. The monoisotopic (exact) mass is 296 g/mol. The first-order valence-corrected chi connectivity index (χ1v) is 7.39. The van der Waals surface area contributed by atoms with E-state index in [4.69, 9.17) is 0 Å². The Morgan fingerprint density at radius 3 is 2.76 bits per heavy atom. The van der Waals surface area contributed by atoms with Gasteiger partial charge in [-0.2, -0.15) is 0 Å². The van der Waals surface area contributed by atoms with Gasteiger partial charge in [-0.25, -0.2) is 0 Å². The van der Waals surface area contributed by atoms with Crippen LogP contribution in [0.2, 0.25) is 0 Å². The van der Waals surface area contributed by atoms with Gasteiger partial charge < -0.3 is 5.32 Å². The Bertz CT molecular complexity index is 331. The summed E-state index contributed by atoms with van der Waals surface area (Å²) in [5, 5.41) is 3.61. The van der Waals surface area contributed by atoms with E-state index < -0.39 is 0 Å². The highest BCUT2D eigenvalue weighted by molar-refractivity contribution is 9.10. The third kappa shape index (κ3) is 4.07. The molecule has 1 saturated carbocycles. The van der Waals surface area contributed by atoms with Crippen LogP contribution in [0.5, 0.6) is 0 Å². The lowest BCUT2D eigenvalue weighted by atomic mass is 9.84. The molecule has 1 aromatic heterocycles. The predicted molar refractivity (Wildman–Crippen MR) is 74.8 cm³/mol. The average Bonchev–Trinajstić information content (AvgIpc) is 2.39. The van der Waals surface area contributed by atoms with E-state index in [0.29, 0.717) is 6.04 Å². The number of aromatic nitrogens is 1. The molecule has 0 amide bonds. The minimum atomic E-state index is 0.612. The highest BCUT2D eigenvalue weighted by atomic mass is 79.9. The van der Waals surface area contributed by atoms with Gasteiger partial charge in [-0.05, 0) is 53.7 Å². The lowest BCUT2D eigenvalue weighted by Crippen LogP contribution is -2.34. The number of nitrogens with one attached hydrogen (secondary N) is 1. The summed E-state index contributed by atoms with van der Waals surface area (Å²) in [5.41, 5.74) is 1.12. The molecule has 3 heteroatoms. The van der Waals surface area contributed by atoms with Crippen LogP contribution in [0, 0.1) is 5.92 Å². The summed E-state index contributed by atoms with van der Waals surface area (Å²) in [6.07, 6.45) is 8.89. The maximum atomic E-state index is 4.39. The Balaban J connectivity index is 1.78. The molecule has 1 aliphatic rings. The molecular formula is C14H21BrN2. The van der Waals surface area contributed by atoms with E-state index in [1.54, 1.807) is 0 Å². The molecule has 0 unspecified atom stereocenters. The third-order valence-electron chi connectivity index (χ3n) is 3.75. The first-order chi connectivity index (χ1) is 8.25. The predicted octanol–water partition coefficient (Wildman–Crippen LogP) is 3.90. The van der Waals surface area contributed by atoms with Gasteiger partial charge in [-0.1, -0.05) is 19.3 Å². The molecule has 1 N–H and O–H groups in total. The standard InChI is InChI=1S/C14H21BrN2/c1-11(12-5-3-2-4-6-12)16-10-14-8-7-13(15)9-17-14/h7-9,11-12,16H,2-6,10H2,1H3/t11-/m1/s1. The Hall–Kier alpha value is -0.410. The molecule has 0 aromatic carbocycles. The molecule has 0 spiro atoms. The van der Waals surface area contributed by atoms with Crippen LogP contribution in [-0.2, 0) is 6.54 Å². The number of nitrogens with zero attached hydrogens (tertiary/aromatic N) is 1. The second-order valence-corrected chi connectivity index (χ2v) is 5.95. The van der Waals surface area contributed by atoms with Gasteiger partial charge in [0.1, 0.15) is 0 Å². The molecule has 94 valence electrons. The van der Waals surface area contributed by atoms with Crippen LogP contribution in [0.3, 0.4) is 0 Å². The summed E-state index contributed by atoms with van der Waals surface area (Å²) < 4.78 is 1.04. The van der Waals surface area contributed by atoms with E-state index in [0.717, 1.165) is 22.6 Å². The molecule has 2 nitrogen and oxygen atoms in total. The normalized spacial score (nSPS) is 19.2. The van der Waals surface area contributed by atoms with Crippen molar-refractivity contribution in [3.05, 3.63) is 28.5 Å². The number of hydrogen-bond acceptors (Lipinski definition) is 2. The fourth-order valence-electron chi connectivity index (χ4n) is 2.58. The van der Waals surface area contributed by atoms with Crippen LogP contribution in [0.25, 0.3) is 0 Å².